The molecular formula is C11H12N4O3. The van der Waals surface area contributed by atoms with Crippen molar-refractivity contribution in [3.05, 3.63) is 34.1 Å². The van der Waals surface area contributed by atoms with Crippen molar-refractivity contribution in [1.82, 2.24) is 19.5 Å². The number of carboxylic acid groups (broad SMARTS) is 1. The predicted molar refractivity (Wildman–Crippen MR) is 63.1 cm³/mol. The Labute approximate surface area is 102 Å². The number of carboxylic acids is 1. The maximum absolute atomic E-state index is 11.8. The van der Waals surface area contributed by atoms with Gasteiger partial charge in [-0.3, -0.25) is 9.59 Å². The molecule has 18 heavy (non-hydrogen) atoms. The highest BCUT2D eigenvalue weighted by Crippen LogP contribution is 2.12. The van der Waals surface area contributed by atoms with Crippen molar-refractivity contribution in [3.8, 4) is 11.5 Å². The van der Waals surface area contributed by atoms with E-state index in [1.807, 2.05) is 0 Å². The monoisotopic (exact) mass is 248 g/mol. The maximum Gasteiger partial charge on any atom is 0.308 e. The Kier molecular flexibility index (Phi) is 2.97. The van der Waals surface area contributed by atoms with E-state index in [0.29, 0.717) is 17.2 Å². The Morgan fingerprint density at radius 3 is 2.78 bits per heavy atom. The summed E-state index contributed by atoms with van der Waals surface area (Å²) in [7, 11) is 1.78. The molecule has 7 nitrogen and oxygen atoms in total. The Balaban J connectivity index is 2.53. The van der Waals surface area contributed by atoms with Gasteiger partial charge in [-0.2, -0.15) is 0 Å². The summed E-state index contributed by atoms with van der Waals surface area (Å²) in [4.78, 5) is 33.2. The molecule has 0 spiro atoms. The minimum atomic E-state index is -1.06. The number of hydrogen-bond donors (Lipinski definition) is 2. The fraction of sp³-hybridized carbons (Fsp3) is 0.273. The summed E-state index contributed by atoms with van der Waals surface area (Å²) in [6.07, 6.45) is 2.84. The molecule has 0 fully saturated rings. The molecule has 2 rings (SSSR count). The number of carbonyl (C=O) groups is 1. The molecule has 0 amide bonds. The molecule has 2 aromatic rings. The first kappa shape index (κ1) is 12.0. The Morgan fingerprint density at radius 2 is 2.28 bits per heavy atom. The Hall–Kier alpha value is -2.44. The smallest absolute Gasteiger partial charge is 0.308 e. The van der Waals surface area contributed by atoms with Gasteiger partial charge in [-0.15, -0.1) is 0 Å². The van der Waals surface area contributed by atoms with E-state index >= 15 is 0 Å². The first-order valence-corrected chi connectivity index (χ1v) is 5.27. The standard InChI is InChI=1S/C11H12N4O3/c1-6-7(3-9(16)17)11(18)14-10(13-6)8-4-12-5-15(8)2/h4-5H,3H2,1-2H3,(H,16,17)(H,13,14,18). The van der Waals surface area contributed by atoms with Crippen molar-refractivity contribution < 1.29 is 9.90 Å². The highest BCUT2D eigenvalue weighted by molar-refractivity contribution is 5.70. The fourth-order valence-electron chi connectivity index (χ4n) is 1.68. The zero-order chi connectivity index (χ0) is 13.3. The summed E-state index contributed by atoms with van der Waals surface area (Å²) < 4.78 is 1.72. The van der Waals surface area contributed by atoms with Crippen LogP contribution in [-0.4, -0.2) is 30.6 Å². The molecule has 0 bridgehead atoms. The van der Waals surface area contributed by atoms with E-state index < -0.39 is 11.5 Å². The third-order valence-corrected chi connectivity index (χ3v) is 2.61. The maximum atomic E-state index is 11.8. The van der Waals surface area contributed by atoms with Crippen LogP contribution in [0.15, 0.2) is 17.3 Å². The van der Waals surface area contributed by atoms with Gasteiger partial charge in [0, 0.05) is 18.3 Å². The van der Waals surface area contributed by atoms with Crippen molar-refractivity contribution in [1.29, 1.82) is 0 Å². The van der Waals surface area contributed by atoms with Crippen molar-refractivity contribution in [3.63, 3.8) is 0 Å². The normalized spacial score (nSPS) is 10.6. The molecule has 0 saturated heterocycles. The van der Waals surface area contributed by atoms with Gasteiger partial charge in [0.25, 0.3) is 5.56 Å². The topological polar surface area (TPSA) is 101 Å². The molecule has 0 aliphatic carbocycles. The number of H-pyrrole nitrogens is 1. The molecule has 0 aliphatic rings. The third-order valence-electron chi connectivity index (χ3n) is 2.61. The van der Waals surface area contributed by atoms with E-state index in [-0.39, 0.29) is 12.0 Å². The molecule has 0 unspecified atom stereocenters. The lowest BCUT2D eigenvalue weighted by Gasteiger charge is -2.05. The highest BCUT2D eigenvalue weighted by Gasteiger charge is 2.13. The number of nitrogens with zero attached hydrogens (tertiary/aromatic N) is 3. The molecular weight excluding hydrogens is 236 g/mol. The van der Waals surface area contributed by atoms with Crippen LogP contribution >= 0.6 is 0 Å². The van der Waals surface area contributed by atoms with Gasteiger partial charge in [0.15, 0.2) is 5.82 Å². The average molecular weight is 248 g/mol. The van der Waals surface area contributed by atoms with Gasteiger partial charge >= 0.3 is 5.97 Å². The second kappa shape index (κ2) is 4.44. The Bertz CT molecular complexity index is 657. The minimum absolute atomic E-state index is 0.174. The molecule has 2 N–H and O–H groups in total. The number of rotatable bonds is 3. The van der Waals surface area contributed by atoms with Crippen LogP contribution in [-0.2, 0) is 18.3 Å². The van der Waals surface area contributed by atoms with Crippen molar-refractivity contribution in [2.24, 2.45) is 7.05 Å². The largest absolute Gasteiger partial charge is 0.481 e. The van der Waals surface area contributed by atoms with Crippen LogP contribution in [0.5, 0.6) is 0 Å². The Morgan fingerprint density at radius 1 is 1.56 bits per heavy atom. The average Bonchev–Trinajstić information content (AvgIpc) is 2.69. The number of aliphatic carboxylic acids is 1. The first-order valence-electron chi connectivity index (χ1n) is 5.27. The molecule has 0 aromatic carbocycles. The molecule has 7 heteroatoms. The van der Waals surface area contributed by atoms with Gasteiger partial charge in [-0.1, -0.05) is 0 Å². The third kappa shape index (κ3) is 2.15. The lowest BCUT2D eigenvalue weighted by Crippen LogP contribution is -2.20. The predicted octanol–water partition coefficient (Wildman–Crippen LogP) is 0.106. The SMILES string of the molecule is Cc1nc(-c2cncn2C)[nH]c(=O)c1CC(=O)O. The quantitative estimate of drug-likeness (QED) is 0.802. The van der Waals surface area contributed by atoms with E-state index in [2.05, 4.69) is 15.0 Å². The van der Waals surface area contributed by atoms with Crippen LogP contribution in [0.25, 0.3) is 11.5 Å². The van der Waals surface area contributed by atoms with Gasteiger partial charge in [0.2, 0.25) is 0 Å². The second-order valence-corrected chi connectivity index (χ2v) is 3.94. The summed E-state index contributed by atoms with van der Waals surface area (Å²) in [5, 5.41) is 8.72. The van der Waals surface area contributed by atoms with Crippen molar-refractivity contribution >= 4 is 5.97 Å². The van der Waals surface area contributed by atoms with Crippen molar-refractivity contribution in [2.45, 2.75) is 13.3 Å². The molecule has 0 atom stereocenters. The lowest BCUT2D eigenvalue weighted by molar-refractivity contribution is -0.136. The van der Waals surface area contributed by atoms with E-state index in [1.165, 1.54) is 0 Å². The molecule has 0 aliphatic heterocycles. The van der Waals surface area contributed by atoms with Gasteiger partial charge in [0.05, 0.1) is 18.9 Å². The molecule has 2 aromatic heterocycles. The minimum Gasteiger partial charge on any atom is -0.481 e. The first-order chi connectivity index (χ1) is 8.49. The molecule has 2 heterocycles. The lowest BCUT2D eigenvalue weighted by atomic mass is 10.1. The van der Waals surface area contributed by atoms with E-state index in [9.17, 15) is 9.59 Å². The number of aromatic amines is 1. The highest BCUT2D eigenvalue weighted by atomic mass is 16.4. The van der Waals surface area contributed by atoms with E-state index in [0.717, 1.165) is 0 Å². The van der Waals surface area contributed by atoms with E-state index in [1.54, 1.807) is 31.1 Å². The number of hydrogen-bond acceptors (Lipinski definition) is 4. The second-order valence-electron chi connectivity index (χ2n) is 3.94. The summed E-state index contributed by atoms with van der Waals surface area (Å²) in [5.41, 5.74) is 0.823. The van der Waals surface area contributed by atoms with Crippen LogP contribution in [0.2, 0.25) is 0 Å². The van der Waals surface area contributed by atoms with Crippen LogP contribution < -0.4 is 5.56 Å². The van der Waals surface area contributed by atoms with Crippen LogP contribution in [0.3, 0.4) is 0 Å². The van der Waals surface area contributed by atoms with Crippen LogP contribution in [0.4, 0.5) is 0 Å². The van der Waals surface area contributed by atoms with Crippen LogP contribution in [0.1, 0.15) is 11.3 Å². The van der Waals surface area contributed by atoms with E-state index in [4.69, 9.17) is 5.11 Å². The van der Waals surface area contributed by atoms with Gasteiger partial charge in [0.1, 0.15) is 5.69 Å². The molecule has 94 valence electrons. The van der Waals surface area contributed by atoms with Crippen molar-refractivity contribution in [2.75, 3.05) is 0 Å². The zero-order valence-electron chi connectivity index (χ0n) is 9.97. The number of imidazole rings is 1. The summed E-state index contributed by atoms with van der Waals surface area (Å²) in [6.45, 7) is 1.62. The zero-order valence-corrected chi connectivity index (χ0v) is 9.97. The van der Waals surface area contributed by atoms with Crippen LogP contribution in [0, 0.1) is 6.92 Å². The molecule has 0 radical (unpaired) electrons. The van der Waals surface area contributed by atoms with Gasteiger partial charge in [-0.25, -0.2) is 9.97 Å². The fourth-order valence-corrected chi connectivity index (χ4v) is 1.68. The number of aryl methyl sites for hydroxylation is 2. The van der Waals surface area contributed by atoms with Gasteiger partial charge < -0.3 is 14.7 Å². The summed E-state index contributed by atoms with van der Waals surface area (Å²) >= 11 is 0. The number of aromatic nitrogens is 4. The summed E-state index contributed by atoms with van der Waals surface area (Å²) in [6, 6.07) is 0. The summed E-state index contributed by atoms with van der Waals surface area (Å²) in [5.74, 6) is -0.676. The number of nitrogens with one attached hydrogen (secondary N) is 1. The van der Waals surface area contributed by atoms with Gasteiger partial charge in [-0.05, 0) is 6.92 Å². The molecule has 0 saturated carbocycles.